The molecular formula is C11H22N2O. The van der Waals surface area contributed by atoms with Crippen LogP contribution in [0.4, 0.5) is 0 Å². The summed E-state index contributed by atoms with van der Waals surface area (Å²) >= 11 is 0. The summed E-state index contributed by atoms with van der Waals surface area (Å²) in [6.07, 6.45) is 3.99. The van der Waals surface area contributed by atoms with Crippen molar-refractivity contribution >= 4 is 5.91 Å². The molecule has 0 atom stereocenters. The van der Waals surface area contributed by atoms with Crippen LogP contribution in [0.5, 0.6) is 0 Å². The Hall–Kier alpha value is -0.570. The molecule has 3 heteroatoms. The van der Waals surface area contributed by atoms with Crippen molar-refractivity contribution in [3.8, 4) is 0 Å². The highest BCUT2D eigenvalue weighted by molar-refractivity contribution is 5.78. The predicted molar refractivity (Wildman–Crippen MR) is 57.9 cm³/mol. The second kappa shape index (κ2) is 5.35. The Bertz CT molecular complexity index is 182. The molecule has 1 saturated carbocycles. The number of hydrogen-bond donors (Lipinski definition) is 1. The third-order valence-electron chi connectivity index (χ3n) is 3.20. The third kappa shape index (κ3) is 2.71. The maximum absolute atomic E-state index is 12.0. The van der Waals surface area contributed by atoms with E-state index in [4.69, 9.17) is 5.73 Å². The molecule has 2 N–H and O–H groups in total. The van der Waals surface area contributed by atoms with Crippen molar-refractivity contribution in [1.29, 1.82) is 0 Å². The largest absolute Gasteiger partial charge is 0.343 e. The average Bonchev–Trinajstić information content (AvgIpc) is 2.20. The quantitative estimate of drug-likeness (QED) is 0.744. The molecule has 14 heavy (non-hydrogen) atoms. The Labute approximate surface area is 86.6 Å². The lowest BCUT2D eigenvalue weighted by Gasteiger charge is -2.29. The Morgan fingerprint density at radius 2 is 1.71 bits per heavy atom. The minimum absolute atomic E-state index is 0.245. The number of nitrogens with two attached hydrogens (primary N) is 1. The normalized spacial score (nSPS) is 27.4. The van der Waals surface area contributed by atoms with Crippen LogP contribution in [-0.2, 0) is 4.79 Å². The zero-order chi connectivity index (χ0) is 10.6. The van der Waals surface area contributed by atoms with Gasteiger partial charge in [0, 0.05) is 25.0 Å². The molecule has 0 bridgehead atoms. The number of rotatable bonds is 3. The van der Waals surface area contributed by atoms with Crippen LogP contribution in [0.15, 0.2) is 0 Å². The number of carbonyl (C=O) groups excluding carboxylic acids is 1. The van der Waals surface area contributed by atoms with Crippen LogP contribution < -0.4 is 5.73 Å². The fourth-order valence-electron chi connectivity index (χ4n) is 2.16. The van der Waals surface area contributed by atoms with Crippen molar-refractivity contribution in [1.82, 2.24) is 4.90 Å². The molecule has 82 valence electrons. The average molecular weight is 198 g/mol. The second-order valence-electron chi connectivity index (χ2n) is 4.12. The molecule has 0 aromatic carbocycles. The molecule has 1 aliphatic rings. The lowest BCUT2D eigenvalue weighted by atomic mass is 9.85. The first-order chi connectivity index (χ1) is 6.69. The zero-order valence-corrected chi connectivity index (χ0v) is 9.33. The minimum atomic E-state index is 0.245. The lowest BCUT2D eigenvalue weighted by molar-refractivity contribution is -0.136. The van der Waals surface area contributed by atoms with E-state index >= 15 is 0 Å². The van der Waals surface area contributed by atoms with E-state index in [-0.39, 0.29) is 5.92 Å². The number of nitrogens with zero attached hydrogens (tertiary/aromatic N) is 1. The molecule has 0 saturated heterocycles. The Balaban J connectivity index is 2.44. The predicted octanol–water partition coefficient (Wildman–Crippen LogP) is 1.37. The van der Waals surface area contributed by atoms with Gasteiger partial charge in [-0.15, -0.1) is 0 Å². The fourth-order valence-corrected chi connectivity index (χ4v) is 2.16. The van der Waals surface area contributed by atoms with Gasteiger partial charge in [0.05, 0.1) is 0 Å². The van der Waals surface area contributed by atoms with Crippen LogP contribution in [0.1, 0.15) is 39.5 Å². The van der Waals surface area contributed by atoms with Gasteiger partial charge in [-0.3, -0.25) is 4.79 Å². The van der Waals surface area contributed by atoms with Crippen LogP contribution in [0.25, 0.3) is 0 Å². The van der Waals surface area contributed by atoms with Gasteiger partial charge < -0.3 is 10.6 Å². The summed E-state index contributed by atoms with van der Waals surface area (Å²) in [4.78, 5) is 13.9. The van der Waals surface area contributed by atoms with E-state index in [0.29, 0.717) is 11.9 Å². The number of hydrogen-bond acceptors (Lipinski definition) is 2. The molecule has 1 aliphatic carbocycles. The molecule has 0 aliphatic heterocycles. The van der Waals surface area contributed by atoms with E-state index < -0.39 is 0 Å². The van der Waals surface area contributed by atoms with Crippen molar-refractivity contribution in [3.05, 3.63) is 0 Å². The van der Waals surface area contributed by atoms with Crippen molar-refractivity contribution in [3.63, 3.8) is 0 Å². The molecule has 0 aromatic heterocycles. The monoisotopic (exact) mass is 198 g/mol. The third-order valence-corrected chi connectivity index (χ3v) is 3.20. The van der Waals surface area contributed by atoms with E-state index in [0.717, 1.165) is 38.8 Å². The summed E-state index contributed by atoms with van der Waals surface area (Å²) in [7, 11) is 0. The van der Waals surface area contributed by atoms with Gasteiger partial charge in [0.1, 0.15) is 0 Å². The highest BCUT2D eigenvalue weighted by Gasteiger charge is 2.26. The first kappa shape index (κ1) is 11.5. The summed E-state index contributed by atoms with van der Waals surface area (Å²) in [5.74, 6) is 0.580. The van der Waals surface area contributed by atoms with E-state index in [9.17, 15) is 4.79 Å². The first-order valence-electron chi connectivity index (χ1n) is 5.73. The number of carbonyl (C=O) groups is 1. The molecule has 0 aromatic rings. The van der Waals surface area contributed by atoms with E-state index in [1.54, 1.807) is 0 Å². The van der Waals surface area contributed by atoms with Gasteiger partial charge in [-0.1, -0.05) is 0 Å². The summed E-state index contributed by atoms with van der Waals surface area (Å²) in [5, 5.41) is 0. The van der Waals surface area contributed by atoms with Crippen molar-refractivity contribution in [2.24, 2.45) is 11.7 Å². The Morgan fingerprint density at radius 3 is 2.14 bits per heavy atom. The fraction of sp³-hybridized carbons (Fsp3) is 0.909. The van der Waals surface area contributed by atoms with Gasteiger partial charge in [-0.05, 0) is 39.5 Å². The molecule has 1 fully saturated rings. The molecule has 0 spiro atoms. The van der Waals surface area contributed by atoms with Crippen molar-refractivity contribution in [2.75, 3.05) is 13.1 Å². The van der Waals surface area contributed by atoms with Gasteiger partial charge in [0.15, 0.2) is 0 Å². The van der Waals surface area contributed by atoms with Crippen LogP contribution in [0, 0.1) is 5.92 Å². The molecule has 1 rings (SSSR count). The smallest absolute Gasteiger partial charge is 0.225 e. The van der Waals surface area contributed by atoms with Crippen LogP contribution in [0.2, 0.25) is 0 Å². The van der Waals surface area contributed by atoms with Crippen LogP contribution in [-0.4, -0.2) is 29.9 Å². The lowest BCUT2D eigenvalue weighted by Crippen LogP contribution is -2.39. The summed E-state index contributed by atoms with van der Waals surface area (Å²) < 4.78 is 0. The topological polar surface area (TPSA) is 46.3 Å². The van der Waals surface area contributed by atoms with Gasteiger partial charge in [0.2, 0.25) is 5.91 Å². The summed E-state index contributed by atoms with van der Waals surface area (Å²) in [6.45, 7) is 5.74. The van der Waals surface area contributed by atoms with Crippen LogP contribution >= 0.6 is 0 Å². The molecule has 0 heterocycles. The SMILES string of the molecule is CCN(CC)C(=O)C1CCC(N)CC1. The van der Waals surface area contributed by atoms with Crippen LogP contribution in [0.3, 0.4) is 0 Å². The Morgan fingerprint density at radius 1 is 1.21 bits per heavy atom. The summed E-state index contributed by atoms with van der Waals surface area (Å²) in [6, 6.07) is 0.329. The highest BCUT2D eigenvalue weighted by Crippen LogP contribution is 2.24. The second-order valence-corrected chi connectivity index (χ2v) is 4.12. The first-order valence-corrected chi connectivity index (χ1v) is 5.73. The standard InChI is InChI=1S/C11H22N2O/c1-3-13(4-2)11(14)9-5-7-10(12)8-6-9/h9-10H,3-8,12H2,1-2H3. The molecule has 0 radical (unpaired) electrons. The molecule has 0 unspecified atom stereocenters. The minimum Gasteiger partial charge on any atom is -0.343 e. The van der Waals surface area contributed by atoms with Gasteiger partial charge in [-0.2, -0.15) is 0 Å². The maximum Gasteiger partial charge on any atom is 0.225 e. The van der Waals surface area contributed by atoms with Gasteiger partial charge in [-0.25, -0.2) is 0 Å². The Kier molecular flexibility index (Phi) is 4.39. The molecular weight excluding hydrogens is 176 g/mol. The van der Waals surface area contributed by atoms with E-state index in [2.05, 4.69) is 0 Å². The van der Waals surface area contributed by atoms with E-state index in [1.165, 1.54) is 0 Å². The molecule has 1 amide bonds. The number of amides is 1. The van der Waals surface area contributed by atoms with E-state index in [1.807, 2.05) is 18.7 Å². The highest BCUT2D eigenvalue weighted by atomic mass is 16.2. The van der Waals surface area contributed by atoms with Crippen molar-refractivity contribution < 1.29 is 4.79 Å². The summed E-state index contributed by atoms with van der Waals surface area (Å²) in [5.41, 5.74) is 5.81. The maximum atomic E-state index is 12.0. The zero-order valence-electron chi connectivity index (χ0n) is 9.33. The van der Waals surface area contributed by atoms with Gasteiger partial charge in [0.25, 0.3) is 0 Å². The van der Waals surface area contributed by atoms with Gasteiger partial charge >= 0.3 is 0 Å². The molecule has 3 nitrogen and oxygen atoms in total. The van der Waals surface area contributed by atoms with Crippen molar-refractivity contribution in [2.45, 2.75) is 45.6 Å².